The number of hydrazone groups is 1. The van der Waals surface area contributed by atoms with Crippen molar-refractivity contribution in [2.45, 2.75) is 32.6 Å². The minimum Gasteiger partial charge on any atom is -0.360 e. The van der Waals surface area contributed by atoms with Gasteiger partial charge in [0.05, 0.1) is 11.4 Å². The predicted molar refractivity (Wildman–Crippen MR) is 78.8 cm³/mol. The van der Waals surface area contributed by atoms with Crippen LogP contribution in [0.5, 0.6) is 0 Å². The summed E-state index contributed by atoms with van der Waals surface area (Å²) in [4.78, 5) is 5.34. The summed E-state index contributed by atoms with van der Waals surface area (Å²) in [5.41, 5.74) is 4.92. The van der Waals surface area contributed by atoms with E-state index in [1.54, 1.807) is 0 Å². The van der Waals surface area contributed by atoms with Gasteiger partial charge in [-0.25, -0.2) is 0 Å². The molecule has 0 spiro atoms. The Bertz CT molecular complexity index is 403. The molecule has 1 saturated heterocycles. The second-order valence-electron chi connectivity index (χ2n) is 4.60. The van der Waals surface area contributed by atoms with E-state index in [1.807, 2.05) is 25.3 Å². The first kappa shape index (κ1) is 13.1. The van der Waals surface area contributed by atoms with E-state index < -0.39 is 0 Å². The summed E-state index contributed by atoms with van der Waals surface area (Å²) in [5, 5.41) is 5.06. The summed E-state index contributed by atoms with van der Waals surface area (Å²) in [6.45, 7) is 4.05. The Hall–Kier alpha value is -1.36. The van der Waals surface area contributed by atoms with Gasteiger partial charge >= 0.3 is 0 Å². The van der Waals surface area contributed by atoms with Crippen molar-refractivity contribution in [3.8, 4) is 0 Å². The summed E-state index contributed by atoms with van der Waals surface area (Å²) in [6.07, 6.45) is 6.96. The van der Waals surface area contributed by atoms with E-state index in [0.717, 1.165) is 29.6 Å². The molecule has 1 aliphatic rings. The third kappa shape index (κ3) is 3.57. The molecule has 0 saturated carbocycles. The molecule has 0 radical (unpaired) electrons. The molecule has 1 aromatic heterocycles. The molecule has 0 aliphatic carbocycles. The average molecular weight is 264 g/mol. The molecule has 2 heterocycles. The molecule has 0 amide bonds. The van der Waals surface area contributed by atoms with E-state index in [4.69, 9.17) is 12.2 Å². The Labute approximate surface area is 113 Å². The van der Waals surface area contributed by atoms with Crippen molar-refractivity contribution >= 4 is 23.0 Å². The van der Waals surface area contributed by atoms with Crippen LogP contribution in [0, 0.1) is 0 Å². The summed E-state index contributed by atoms with van der Waals surface area (Å²) in [5.74, 6) is 0. The number of nitrogens with one attached hydrogen (secondary N) is 2. The van der Waals surface area contributed by atoms with Crippen molar-refractivity contribution in [3.05, 3.63) is 24.0 Å². The molecule has 1 aromatic rings. The van der Waals surface area contributed by atoms with E-state index in [0.29, 0.717) is 0 Å². The lowest BCUT2D eigenvalue weighted by Crippen LogP contribution is -2.38. The van der Waals surface area contributed by atoms with Crippen LogP contribution in [0.25, 0.3) is 0 Å². The molecule has 0 aromatic carbocycles. The number of likely N-dealkylation sites (tertiary alicyclic amines) is 1. The van der Waals surface area contributed by atoms with Crippen LogP contribution in [0.3, 0.4) is 0 Å². The lowest BCUT2D eigenvalue weighted by molar-refractivity contribution is 0.428. The van der Waals surface area contributed by atoms with Crippen LogP contribution in [0.4, 0.5) is 0 Å². The third-order valence-corrected chi connectivity index (χ3v) is 3.55. The molecule has 18 heavy (non-hydrogen) atoms. The molecular formula is C13H20N4S. The maximum Gasteiger partial charge on any atom is 0.189 e. The fourth-order valence-corrected chi connectivity index (χ4v) is 2.32. The summed E-state index contributed by atoms with van der Waals surface area (Å²) in [7, 11) is 0. The zero-order valence-electron chi connectivity index (χ0n) is 10.8. The molecule has 0 bridgehead atoms. The summed E-state index contributed by atoms with van der Waals surface area (Å²) in [6, 6.07) is 3.96. The first-order chi connectivity index (χ1) is 8.77. The molecule has 2 N–H and O–H groups in total. The van der Waals surface area contributed by atoms with Gasteiger partial charge in [0.2, 0.25) is 0 Å². The second-order valence-corrected chi connectivity index (χ2v) is 4.99. The minimum absolute atomic E-state index is 0.739. The van der Waals surface area contributed by atoms with E-state index in [1.165, 1.54) is 25.7 Å². The van der Waals surface area contributed by atoms with E-state index in [-0.39, 0.29) is 0 Å². The van der Waals surface area contributed by atoms with E-state index in [9.17, 15) is 0 Å². The average Bonchev–Trinajstić information content (AvgIpc) is 2.78. The summed E-state index contributed by atoms with van der Waals surface area (Å²) >= 11 is 5.38. The van der Waals surface area contributed by atoms with Crippen molar-refractivity contribution < 1.29 is 0 Å². The number of hydrogen-bond acceptors (Lipinski definition) is 2. The highest BCUT2D eigenvalue weighted by Gasteiger charge is 2.11. The lowest BCUT2D eigenvalue weighted by atomic mass is 10.2. The number of aromatic nitrogens is 1. The largest absolute Gasteiger partial charge is 0.360 e. The van der Waals surface area contributed by atoms with Gasteiger partial charge in [-0.05, 0) is 44.1 Å². The normalized spacial score (nSPS) is 17.4. The van der Waals surface area contributed by atoms with Crippen LogP contribution in [0.15, 0.2) is 23.4 Å². The van der Waals surface area contributed by atoms with Gasteiger partial charge in [0, 0.05) is 19.3 Å². The topological polar surface area (TPSA) is 43.4 Å². The Balaban J connectivity index is 1.89. The Morgan fingerprint density at radius 1 is 1.33 bits per heavy atom. The maximum atomic E-state index is 5.38. The lowest BCUT2D eigenvalue weighted by Gasteiger charge is -2.22. The van der Waals surface area contributed by atoms with Gasteiger partial charge in [-0.1, -0.05) is 12.8 Å². The van der Waals surface area contributed by atoms with Crippen LogP contribution in [0.2, 0.25) is 0 Å². The van der Waals surface area contributed by atoms with E-state index >= 15 is 0 Å². The molecule has 2 rings (SSSR count). The van der Waals surface area contributed by atoms with Gasteiger partial charge in [-0.15, -0.1) is 0 Å². The standard InChI is InChI=1S/C13H20N4S/c1-11(12-7-6-8-14-12)15-16-13(18)17-9-4-2-3-5-10-17/h6-8,14H,2-5,9-10H2,1H3,(H,16,18)/b15-11+. The van der Waals surface area contributed by atoms with Gasteiger partial charge in [0.15, 0.2) is 5.11 Å². The molecule has 0 atom stereocenters. The van der Waals surface area contributed by atoms with Crippen LogP contribution in [-0.4, -0.2) is 33.8 Å². The van der Waals surface area contributed by atoms with Crippen LogP contribution < -0.4 is 5.43 Å². The minimum atomic E-state index is 0.739. The molecule has 98 valence electrons. The Morgan fingerprint density at radius 3 is 2.67 bits per heavy atom. The zero-order chi connectivity index (χ0) is 12.8. The highest BCUT2D eigenvalue weighted by atomic mass is 32.1. The molecule has 1 aliphatic heterocycles. The molecule has 5 heteroatoms. The third-order valence-electron chi connectivity index (χ3n) is 3.20. The zero-order valence-corrected chi connectivity index (χ0v) is 11.6. The van der Waals surface area contributed by atoms with Gasteiger partial charge in [-0.3, -0.25) is 5.43 Å². The predicted octanol–water partition coefficient (Wildman–Crippen LogP) is 2.49. The van der Waals surface area contributed by atoms with E-state index in [2.05, 4.69) is 20.4 Å². The van der Waals surface area contributed by atoms with Crippen molar-refractivity contribution in [2.24, 2.45) is 5.10 Å². The van der Waals surface area contributed by atoms with Gasteiger partial charge in [-0.2, -0.15) is 5.10 Å². The smallest absolute Gasteiger partial charge is 0.189 e. The Kier molecular flexibility index (Phi) is 4.75. The van der Waals surface area contributed by atoms with Crippen LogP contribution in [-0.2, 0) is 0 Å². The number of aromatic amines is 1. The van der Waals surface area contributed by atoms with Crippen molar-refractivity contribution in [2.75, 3.05) is 13.1 Å². The van der Waals surface area contributed by atoms with Crippen molar-refractivity contribution in [3.63, 3.8) is 0 Å². The monoisotopic (exact) mass is 264 g/mol. The van der Waals surface area contributed by atoms with Crippen LogP contribution >= 0.6 is 12.2 Å². The van der Waals surface area contributed by atoms with Gasteiger partial charge in [0.25, 0.3) is 0 Å². The first-order valence-electron chi connectivity index (χ1n) is 6.50. The summed E-state index contributed by atoms with van der Waals surface area (Å²) < 4.78 is 0. The number of rotatable bonds is 2. The SMILES string of the molecule is C/C(=N\NC(=S)N1CCCCCC1)c1ccc[nH]1. The Morgan fingerprint density at radius 2 is 2.06 bits per heavy atom. The molecule has 1 fully saturated rings. The van der Waals surface area contributed by atoms with Crippen molar-refractivity contribution in [1.82, 2.24) is 15.3 Å². The molecular weight excluding hydrogens is 244 g/mol. The fraction of sp³-hybridized carbons (Fsp3) is 0.538. The number of nitrogens with zero attached hydrogens (tertiary/aromatic N) is 2. The number of hydrogen-bond donors (Lipinski definition) is 2. The highest BCUT2D eigenvalue weighted by molar-refractivity contribution is 7.80. The van der Waals surface area contributed by atoms with Gasteiger partial charge in [0.1, 0.15) is 0 Å². The fourth-order valence-electron chi connectivity index (χ4n) is 2.09. The van der Waals surface area contributed by atoms with Gasteiger partial charge < -0.3 is 9.88 Å². The second kappa shape index (κ2) is 6.54. The number of thiocarbonyl (C=S) groups is 1. The molecule has 4 nitrogen and oxygen atoms in total. The number of H-pyrrole nitrogens is 1. The highest BCUT2D eigenvalue weighted by Crippen LogP contribution is 2.09. The maximum absolute atomic E-state index is 5.38. The first-order valence-corrected chi connectivity index (χ1v) is 6.91. The quantitative estimate of drug-likeness (QED) is 0.490. The van der Waals surface area contributed by atoms with Crippen molar-refractivity contribution in [1.29, 1.82) is 0 Å². The molecule has 0 unspecified atom stereocenters. The van der Waals surface area contributed by atoms with Crippen LogP contribution in [0.1, 0.15) is 38.3 Å².